The van der Waals surface area contributed by atoms with Crippen LogP contribution in [0.1, 0.15) is 24.6 Å². The van der Waals surface area contributed by atoms with Gasteiger partial charge in [-0.3, -0.25) is 9.88 Å². The molecule has 6 nitrogen and oxygen atoms in total. The predicted octanol–water partition coefficient (Wildman–Crippen LogP) is 0.380. The van der Waals surface area contributed by atoms with Gasteiger partial charge in [0.15, 0.2) is 5.84 Å². The molecule has 0 amide bonds. The van der Waals surface area contributed by atoms with Crippen molar-refractivity contribution in [2.24, 2.45) is 10.9 Å². The quantitative estimate of drug-likeness (QED) is 0.282. The first-order chi connectivity index (χ1) is 8.72. The Labute approximate surface area is 107 Å². The van der Waals surface area contributed by atoms with E-state index in [0.717, 1.165) is 18.5 Å². The van der Waals surface area contributed by atoms with Crippen LogP contribution in [-0.4, -0.2) is 45.7 Å². The summed E-state index contributed by atoms with van der Waals surface area (Å²) in [6, 6.07) is 3.70. The molecule has 0 radical (unpaired) electrons. The van der Waals surface area contributed by atoms with Gasteiger partial charge in [0.2, 0.25) is 0 Å². The summed E-state index contributed by atoms with van der Waals surface area (Å²) < 4.78 is 0. The molecule has 1 heterocycles. The van der Waals surface area contributed by atoms with Crippen molar-refractivity contribution in [3.63, 3.8) is 0 Å². The first-order valence-electron chi connectivity index (χ1n) is 5.98. The maximum absolute atomic E-state index is 9.02. The highest BCUT2D eigenvalue weighted by atomic mass is 16.4. The molecule has 0 fully saturated rings. The summed E-state index contributed by atoms with van der Waals surface area (Å²) >= 11 is 0. The summed E-state index contributed by atoms with van der Waals surface area (Å²) in [6.45, 7) is 4.29. The van der Waals surface area contributed by atoms with Crippen molar-refractivity contribution >= 4 is 5.84 Å². The van der Waals surface area contributed by atoms with E-state index < -0.39 is 0 Å². The molecule has 0 saturated heterocycles. The Morgan fingerprint density at radius 3 is 2.89 bits per heavy atom. The Hall–Kier alpha value is -1.66. The zero-order chi connectivity index (χ0) is 13.4. The Balaban J connectivity index is 2.88. The Kier molecular flexibility index (Phi) is 6.10. The fraction of sp³-hybridized carbons (Fsp3) is 0.500. The second-order valence-electron chi connectivity index (χ2n) is 4.00. The van der Waals surface area contributed by atoms with Crippen LogP contribution in [0, 0.1) is 0 Å². The molecule has 0 atom stereocenters. The number of hydrogen-bond acceptors (Lipinski definition) is 5. The van der Waals surface area contributed by atoms with Gasteiger partial charge in [-0.25, -0.2) is 0 Å². The molecule has 1 aromatic rings. The van der Waals surface area contributed by atoms with E-state index in [-0.39, 0.29) is 12.4 Å². The van der Waals surface area contributed by atoms with Crippen molar-refractivity contribution in [3.05, 3.63) is 29.6 Å². The van der Waals surface area contributed by atoms with Crippen molar-refractivity contribution in [1.82, 2.24) is 9.88 Å². The van der Waals surface area contributed by atoms with Crippen LogP contribution >= 0.6 is 0 Å². The van der Waals surface area contributed by atoms with E-state index in [1.54, 1.807) is 6.20 Å². The fourth-order valence-corrected chi connectivity index (χ4v) is 1.81. The van der Waals surface area contributed by atoms with Gasteiger partial charge in [-0.05, 0) is 24.6 Å². The molecule has 0 bridgehead atoms. The van der Waals surface area contributed by atoms with Crippen LogP contribution in [0.2, 0.25) is 0 Å². The highest BCUT2D eigenvalue weighted by Crippen LogP contribution is 2.09. The second kappa shape index (κ2) is 7.62. The number of amidine groups is 1. The third kappa shape index (κ3) is 3.97. The highest BCUT2D eigenvalue weighted by Gasteiger charge is 2.11. The number of rotatable bonds is 7. The van der Waals surface area contributed by atoms with E-state index in [9.17, 15) is 0 Å². The SMILES string of the molecule is CCCN(CCO)Cc1cccnc1C(N)=NO. The number of aliphatic hydroxyl groups is 1. The standard InChI is InChI=1S/C12H20N4O2/c1-2-6-16(7-8-17)9-10-4-3-5-14-11(10)12(13)15-18/h3-5,17-18H,2,6-9H2,1H3,(H2,13,15). The van der Waals surface area contributed by atoms with Crippen LogP contribution in [0.4, 0.5) is 0 Å². The zero-order valence-electron chi connectivity index (χ0n) is 10.6. The summed E-state index contributed by atoms with van der Waals surface area (Å²) in [7, 11) is 0. The van der Waals surface area contributed by atoms with Crippen molar-refractivity contribution in [3.8, 4) is 0 Å². The molecule has 4 N–H and O–H groups in total. The average molecular weight is 252 g/mol. The third-order valence-corrected chi connectivity index (χ3v) is 2.59. The number of oxime groups is 1. The average Bonchev–Trinajstić information content (AvgIpc) is 2.39. The lowest BCUT2D eigenvalue weighted by Gasteiger charge is -2.21. The van der Waals surface area contributed by atoms with Gasteiger partial charge in [0.1, 0.15) is 5.69 Å². The van der Waals surface area contributed by atoms with Gasteiger partial charge in [0, 0.05) is 19.3 Å². The molecule has 1 aromatic heterocycles. The molecule has 0 aliphatic carbocycles. The number of hydrogen-bond donors (Lipinski definition) is 3. The maximum Gasteiger partial charge on any atom is 0.189 e. The zero-order valence-corrected chi connectivity index (χ0v) is 10.6. The fourth-order valence-electron chi connectivity index (χ4n) is 1.81. The van der Waals surface area contributed by atoms with E-state index >= 15 is 0 Å². The van der Waals surface area contributed by atoms with Gasteiger partial charge < -0.3 is 16.0 Å². The van der Waals surface area contributed by atoms with Gasteiger partial charge in [-0.15, -0.1) is 0 Å². The molecule has 100 valence electrons. The Bertz CT molecular complexity index is 389. The molecular formula is C12H20N4O2. The van der Waals surface area contributed by atoms with Crippen LogP contribution < -0.4 is 5.73 Å². The van der Waals surface area contributed by atoms with Crippen molar-refractivity contribution in [2.45, 2.75) is 19.9 Å². The normalized spacial score (nSPS) is 12.1. The minimum atomic E-state index is 0.00560. The van der Waals surface area contributed by atoms with Crippen LogP contribution in [-0.2, 0) is 6.54 Å². The largest absolute Gasteiger partial charge is 0.409 e. The Morgan fingerprint density at radius 2 is 2.28 bits per heavy atom. The molecule has 6 heteroatoms. The molecule has 0 spiro atoms. The number of pyridine rings is 1. The smallest absolute Gasteiger partial charge is 0.189 e. The molecular weight excluding hydrogens is 232 g/mol. The Morgan fingerprint density at radius 1 is 1.50 bits per heavy atom. The third-order valence-electron chi connectivity index (χ3n) is 2.59. The van der Waals surface area contributed by atoms with Gasteiger partial charge in [-0.1, -0.05) is 18.1 Å². The molecule has 0 aromatic carbocycles. The van der Waals surface area contributed by atoms with Crippen LogP contribution in [0.3, 0.4) is 0 Å². The number of nitrogens with zero attached hydrogens (tertiary/aromatic N) is 3. The second-order valence-corrected chi connectivity index (χ2v) is 4.00. The molecule has 1 rings (SSSR count). The molecule has 0 saturated carbocycles. The van der Waals surface area contributed by atoms with Crippen LogP contribution in [0.25, 0.3) is 0 Å². The van der Waals surface area contributed by atoms with Gasteiger partial charge in [0.05, 0.1) is 6.61 Å². The van der Waals surface area contributed by atoms with Crippen molar-refractivity contribution in [1.29, 1.82) is 0 Å². The lowest BCUT2D eigenvalue weighted by molar-refractivity contribution is 0.190. The lowest BCUT2D eigenvalue weighted by Crippen LogP contribution is -2.29. The van der Waals surface area contributed by atoms with Crippen LogP contribution in [0.5, 0.6) is 0 Å². The summed E-state index contributed by atoms with van der Waals surface area (Å²) in [6.07, 6.45) is 2.60. The van der Waals surface area contributed by atoms with Gasteiger partial charge in [-0.2, -0.15) is 0 Å². The predicted molar refractivity (Wildman–Crippen MR) is 69.4 cm³/mol. The summed E-state index contributed by atoms with van der Waals surface area (Å²) in [5.74, 6) is 0.00560. The van der Waals surface area contributed by atoms with E-state index in [4.69, 9.17) is 16.0 Å². The van der Waals surface area contributed by atoms with E-state index in [1.807, 2.05) is 12.1 Å². The summed E-state index contributed by atoms with van der Waals surface area (Å²) in [4.78, 5) is 6.22. The van der Waals surface area contributed by atoms with Crippen molar-refractivity contribution in [2.75, 3.05) is 19.7 Å². The number of aromatic nitrogens is 1. The minimum Gasteiger partial charge on any atom is -0.409 e. The number of aliphatic hydroxyl groups excluding tert-OH is 1. The molecule has 18 heavy (non-hydrogen) atoms. The summed E-state index contributed by atoms with van der Waals surface area (Å²) in [5, 5.41) is 20.7. The first kappa shape index (κ1) is 14.4. The van der Waals surface area contributed by atoms with Gasteiger partial charge >= 0.3 is 0 Å². The molecule has 0 unspecified atom stereocenters. The van der Waals surface area contributed by atoms with Gasteiger partial charge in [0.25, 0.3) is 0 Å². The number of nitrogens with two attached hydrogens (primary N) is 1. The van der Waals surface area contributed by atoms with E-state index in [0.29, 0.717) is 18.8 Å². The highest BCUT2D eigenvalue weighted by molar-refractivity contribution is 5.96. The molecule has 0 aliphatic heterocycles. The summed E-state index contributed by atoms with van der Waals surface area (Å²) in [5.41, 5.74) is 6.96. The van der Waals surface area contributed by atoms with Crippen LogP contribution in [0.15, 0.2) is 23.5 Å². The minimum absolute atomic E-state index is 0.00560. The first-order valence-corrected chi connectivity index (χ1v) is 5.98. The van der Waals surface area contributed by atoms with E-state index in [2.05, 4.69) is 22.0 Å². The monoisotopic (exact) mass is 252 g/mol. The molecule has 0 aliphatic rings. The van der Waals surface area contributed by atoms with Crippen molar-refractivity contribution < 1.29 is 10.3 Å². The lowest BCUT2D eigenvalue weighted by atomic mass is 10.1. The maximum atomic E-state index is 9.02. The topological polar surface area (TPSA) is 95.0 Å². The van der Waals surface area contributed by atoms with E-state index in [1.165, 1.54) is 0 Å².